The summed E-state index contributed by atoms with van der Waals surface area (Å²) in [7, 11) is -14.2. The van der Waals surface area contributed by atoms with Crippen LogP contribution in [0.1, 0.15) is 18.3 Å². The molecule has 0 aliphatic carbocycles. The largest absolute Gasteiger partial charge is 0.490 e. The molecule has 0 saturated carbocycles. The molecule has 0 bridgehead atoms. The van der Waals surface area contributed by atoms with Crippen molar-refractivity contribution in [2.45, 2.75) is 49.9 Å². The quantitative estimate of drug-likeness (QED) is 0.0348. The number of nitrogens with two attached hydrogens (primary N) is 1. The molecule has 2 saturated heterocycles. The van der Waals surface area contributed by atoms with Crippen LogP contribution in [0.4, 0.5) is 5.95 Å². The van der Waals surface area contributed by atoms with Gasteiger partial charge in [0.15, 0.2) is 23.7 Å². The number of phosphoric ester groups is 2. The van der Waals surface area contributed by atoms with E-state index in [1.54, 1.807) is 7.05 Å². The highest BCUT2D eigenvalue weighted by atomic mass is 31.3. The molecule has 6 rings (SSSR count). The summed E-state index contributed by atoms with van der Waals surface area (Å²) in [4.78, 5) is 71.9. The smallest absolute Gasteiger partial charge is 0.388 e. The topological polar surface area (TPSA) is 370 Å². The van der Waals surface area contributed by atoms with Crippen LogP contribution in [0.25, 0.3) is 22.3 Å². The minimum atomic E-state index is -5.88. The minimum Gasteiger partial charge on any atom is -0.388 e. The monoisotopic (exact) mass is 830 g/mol. The van der Waals surface area contributed by atoms with Crippen molar-refractivity contribution in [1.29, 1.82) is 0 Å². The highest BCUT2D eigenvalue weighted by Crippen LogP contribution is 2.67. The molecule has 2 aliphatic heterocycles. The number of nitrogens with zero attached hydrogens (tertiary/aromatic N) is 6. The number of aliphatic hydroxyl groups excluding tert-OH is 2. The molecule has 27 nitrogen and oxygen atoms in total. The molecule has 0 amide bonds. The summed E-state index contributed by atoms with van der Waals surface area (Å²) in [5.74, 6) is 0.0497. The highest BCUT2D eigenvalue weighted by molar-refractivity contribution is 7.66. The summed E-state index contributed by atoms with van der Waals surface area (Å²) in [6.45, 7) is -0.932. The summed E-state index contributed by atoms with van der Waals surface area (Å²) >= 11 is 0. The Labute approximate surface area is 301 Å². The second-order valence-electron chi connectivity index (χ2n) is 11.8. The Kier molecular flexibility index (Phi) is 11.4. The van der Waals surface area contributed by atoms with Crippen LogP contribution < -0.4 is 21.4 Å². The van der Waals surface area contributed by atoms with Gasteiger partial charge in [0.1, 0.15) is 36.3 Å². The van der Waals surface area contributed by atoms with E-state index in [1.807, 2.05) is 0 Å². The average molecular weight is 831 g/mol. The molecule has 9 N–H and O–H groups in total. The first-order chi connectivity index (χ1) is 25.3. The lowest BCUT2D eigenvalue weighted by Crippen LogP contribution is -2.47. The Bertz CT molecular complexity index is 2300. The van der Waals surface area contributed by atoms with E-state index in [9.17, 15) is 48.2 Å². The van der Waals surface area contributed by atoms with Gasteiger partial charge in [0.05, 0.1) is 39.8 Å². The van der Waals surface area contributed by atoms with Gasteiger partial charge >= 0.3 is 29.1 Å². The number of phosphoric acid groups is 3. The van der Waals surface area contributed by atoms with Crippen molar-refractivity contribution in [2.24, 2.45) is 7.05 Å². The van der Waals surface area contributed by atoms with Crippen molar-refractivity contribution in [3.05, 3.63) is 39.2 Å². The standard InChI is InChI=1S/C24H34N9O18P3/c1-10-27-18-13(20(36)28-10)26-8-32(18)22-15(35)17(44-3)12(49-22)7-48-53(40,41)51-54(42,43)50-52(38,39)47-5-4-45-16-11(34)6-46-23(16)33-9-31(2)14-19(33)29-24(25)30-21(14)37/h8-9,11-12,15-17,22-23,34-35H,4-7H2,1-3H3,(H6-,25,27,28,29,30,36,37,38,39,40,41,42,43)/p+1/t11-,12+,15-,16?,17?,22+,23+/m0/s1. The molecule has 30 heteroatoms. The Morgan fingerprint density at radius 2 is 1.72 bits per heavy atom. The molecule has 5 unspecified atom stereocenters. The second kappa shape index (κ2) is 15.3. The minimum absolute atomic E-state index is 0.0464. The number of hydrogen-bond acceptors (Lipinski definition) is 19. The zero-order valence-electron chi connectivity index (χ0n) is 28.2. The fourth-order valence-corrected chi connectivity index (χ4v) is 9.38. The summed E-state index contributed by atoms with van der Waals surface area (Å²) < 4.78 is 81.3. The third-order valence-corrected chi connectivity index (χ3v) is 12.3. The van der Waals surface area contributed by atoms with Gasteiger partial charge in [-0.1, -0.05) is 4.98 Å². The van der Waals surface area contributed by atoms with Crippen molar-refractivity contribution in [1.82, 2.24) is 34.1 Å². The van der Waals surface area contributed by atoms with Crippen molar-refractivity contribution in [2.75, 3.05) is 39.3 Å². The predicted molar refractivity (Wildman–Crippen MR) is 174 cm³/mol. The Balaban J connectivity index is 1.02. The van der Waals surface area contributed by atoms with Crippen LogP contribution >= 0.6 is 23.5 Å². The zero-order chi connectivity index (χ0) is 39.3. The SMILES string of the molecule is COC1[C@@H](COP(=O)(O)OP(=O)(O)OP(=O)(O)OCCOC2[C@H]([n+]3cn(C)c4c(=O)[nH]c(N)nc43)OC[C@@H]2O)O[C@@H](n2cnc3c(=O)[nH]c(C)nc32)[C@H]1O. The number of aryl methyl sites for hydroxylation is 2. The first-order valence-corrected chi connectivity index (χ1v) is 20.0. The van der Waals surface area contributed by atoms with Crippen LogP contribution in [0.3, 0.4) is 0 Å². The summed E-state index contributed by atoms with van der Waals surface area (Å²) in [6.07, 6.45) is -6.11. The molecule has 2 aliphatic rings. The number of nitrogen functional groups attached to an aromatic ring is 1. The number of H-pyrrole nitrogens is 2. The van der Waals surface area contributed by atoms with Crippen LogP contribution in [-0.4, -0.2) is 123 Å². The van der Waals surface area contributed by atoms with Gasteiger partial charge in [-0.3, -0.25) is 32.8 Å². The molecule has 54 heavy (non-hydrogen) atoms. The van der Waals surface area contributed by atoms with Crippen LogP contribution in [0.5, 0.6) is 0 Å². The molecule has 4 aromatic heterocycles. The van der Waals surface area contributed by atoms with E-state index < -0.39 is 97.4 Å². The fraction of sp³-hybridized carbons (Fsp3) is 0.583. The predicted octanol–water partition coefficient (Wildman–Crippen LogP) is -2.51. The maximum absolute atomic E-state index is 12.6. The molecule has 6 heterocycles. The van der Waals surface area contributed by atoms with Crippen LogP contribution in [0, 0.1) is 6.92 Å². The van der Waals surface area contributed by atoms with E-state index in [2.05, 4.69) is 38.1 Å². The first-order valence-electron chi connectivity index (χ1n) is 15.5. The Hall–Kier alpha value is -3.33. The third-order valence-electron chi connectivity index (χ3n) is 8.03. The van der Waals surface area contributed by atoms with Gasteiger partial charge < -0.3 is 54.6 Å². The summed E-state index contributed by atoms with van der Waals surface area (Å²) in [5, 5.41) is 21.3. The molecule has 4 aromatic rings. The highest BCUT2D eigenvalue weighted by Gasteiger charge is 2.48. The molecule has 2 fully saturated rings. The molecular formula is C24H35N9O18P3+. The van der Waals surface area contributed by atoms with E-state index in [4.69, 9.17) is 29.2 Å². The lowest BCUT2D eigenvalue weighted by molar-refractivity contribution is -0.744. The van der Waals surface area contributed by atoms with Gasteiger partial charge in [0, 0.05) is 7.11 Å². The van der Waals surface area contributed by atoms with Gasteiger partial charge in [-0.05, 0) is 6.92 Å². The normalized spacial score (nSPS) is 28.0. The number of anilines is 1. The second-order valence-corrected chi connectivity index (χ2v) is 16.4. The number of hydrogen-bond donors (Lipinski definition) is 8. The molecule has 0 radical (unpaired) electrons. The number of nitrogens with one attached hydrogen (secondary N) is 2. The maximum Gasteiger partial charge on any atom is 0.490 e. The number of aliphatic hydroxyl groups is 2. The van der Waals surface area contributed by atoms with Crippen LogP contribution in [0.15, 0.2) is 22.2 Å². The van der Waals surface area contributed by atoms with Gasteiger partial charge in [0.25, 0.3) is 17.1 Å². The Morgan fingerprint density at radius 3 is 2.43 bits per heavy atom. The van der Waals surface area contributed by atoms with Crippen molar-refractivity contribution in [3.8, 4) is 0 Å². The Morgan fingerprint density at radius 1 is 1.02 bits per heavy atom. The molecule has 10 atom stereocenters. The van der Waals surface area contributed by atoms with Crippen molar-refractivity contribution >= 4 is 51.7 Å². The fourth-order valence-electron chi connectivity index (χ4n) is 5.89. The van der Waals surface area contributed by atoms with Crippen molar-refractivity contribution < 1.29 is 79.8 Å². The number of methoxy groups -OCH3 is 1. The lowest BCUT2D eigenvalue weighted by atomic mass is 10.1. The number of aromatic amines is 2. The number of rotatable bonds is 15. The van der Waals surface area contributed by atoms with Gasteiger partial charge in [-0.2, -0.15) is 8.62 Å². The van der Waals surface area contributed by atoms with E-state index >= 15 is 0 Å². The van der Waals surface area contributed by atoms with Gasteiger partial charge in [-0.15, -0.1) is 0 Å². The third kappa shape index (κ3) is 8.41. The number of imidazole rings is 2. The molecule has 298 valence electrons. The lowest BCUT2D eigenvalue weighted by Gasteiger charge is -2.21. The summed E-state index contributed by atoms with van der Waals surface area (Å²) in [5.41, 5.74) is 4.80. The van der Waals surface area contributed by atoms with E-state index in [1.165, 1.54) is 40.4 Å². The molecule has 0 aromatic carbocycles. The van der Waals surface area contributed by atoms with Crippen LogP contribution in [-0.2, 0) is 57.4 Å². The number of fused-ring (bicyclic) bond motifs is 2. The van der Waals surface area contributed by atoms with E-state index in [0.717, 1.165) is 0 Å². The molecular weight excluding hydrogens is 795 g/mol. The van der Waals surface area contributed by atoms with Crippen LogP contribution in [0.2, 0.25) is 0 Å². The van der Waals surface area contributed by atoms with E-state index in [-0.39, 0.29) is 40.7 Å². The number of aromatic nitrogens is 8. The summed E-state index contributed by atoms with van der Waals surface area (Å²) in [6, 6.07) is 0. The zero-order valence-corrected chi connectivity index (χ0v) is 30.9. The van der Waals surface area contributed by atoms with Gasteiger partial charge in [0.2, 0.25) is 11.7 Å². The maximum atomic E-state index is 12.6. The van der Waals surface area contributed by atoms with Gasteiger partial charge in [-0.25, -0.2) is 28.2 Å². The first kappa shape index (κ1) is 40.3. The number of ether oxygens (including phenoxy) is 4. The molecule has 0 spiro atoms. The average Bonchev–Trinajstić information content (AvgIpc) is 3.80. The van der Waals surface area contributed by atoms with Crippen molar-refractivity contribution in [3.63, 3.8) is 0 Å². The van der Waals surface area contributed by atoms with E-state index in [0.29, 0.717) is 0 Å².